The van der Waals surface area contributed by atoms with E-state index in [1.165, 1.54) is 0 Å². The number of hydrogen-bond donors (Lipinski definition) is 2. The topological polar surface area (TPSA) is 58.6 Å². The zero-order chi connectivity index (χ0) is 14.8. The van der Waals surface area contributed by atoms with Crippen molar-refractivity contribution >= 4 is 27.7 Å². The molecule has 1 aromatic rings. The Labute approximate surface area is 122 Å². The van der Waals surface area contributed by atoms with E-state index in [4.69, 9.17) is 4.74 Å². The molecule has 0 aromatic heterocycles. The molecule has 0 bridgehead atoms. The third kappa shape index (κ3) is 5.20. The molecule has 0 aliphatic heterocycles. The van der Waals surface area contributed by atoms with Crippen molar-refractivity contribution in [2.24, 2.45) is 0 Å². The molecule has 0 aliphatic carbocycles. The van der Waals surface area contributed by atoms with Crippen LogP contribution in [-0.4, -0.2) is 16.8 Å². The molecule has 0 atom stereocenters. The maximum atomic E-state index is 11.8. The summed E-state index contributed by atoms with van der Waals surface area (Å²) in [4.78, 5) is 11.8. The van der Waals surface area contributed by atoms with Gasteiger partial charge in [0.15, 0.2) is 0 Å². The van der Waals surface area contributed by atoms with Gasteiger partial charge in [0.25, 0.3) is 0 Å². The van der Waals surface area contributed by atoms with Crippen LogP contribution in [0.1, 0.15) is 40.2 Å². The van der Waals surface area contributed by atoms with Crippen LogP contribution in [0.3, 0.4) is 0 Å². The van der Waals surface area contributed by atoms with Gasteiger partial charge >= 0.3 is 6.09 Å². The van der Waals surface area contributed by atoms with E-state index in [0.717, 1.165) is 4.47 Å². The summed E-state index contributed by atoms with van der Waals surface area (Å²) in [6.45, 7) is 8.71. The molecule has 0 saturated carbocycles. The van der Waals surface area contributed by atoms with Gasteiger partial charge in [-0.25, -0.2) is 4.79 Å². The normalized spacial score (nSPS) is 12.2. The fourth-order valence-corrected chi connectivity index (χ4v) is 1.93. The van der Waals surface area contributed by atoms with E-state index in [-0.39, 0.29) is 0 Å². The van der Waals surface area contributed by atoms with Crippen LogP contribution in [-0.2, 0) is 10.3 Å². The summed E-state index contributed by atoms with van der Waals surface area (Å²) in [5.41, 5.74) is -0.464. The standard InChI is InChI=1S/C14H20BrNO3/c1-13(2,3)19-12(17)16-11-8-9(15)6-7-10(11)14(4,5)18/h6-8,18H,1-5H3,(H,16,17). The number of anilines is 1. The van der Waals surface area contributed by atoms with Gasteiger partial charge in [0.05, 0.1) is 11.3 Å². The molecule has 1 amide bonds. The second-order valence-electron chi connectivity index (χ2n) is 5.88. The Morgan fingerprint density at radius 1 is 1.26 bits per heavy atom. The van der Waals surface area contributed by atoms with E-state index >= 15 is 0 Å². The molecule has 4 nitrogen and oxygen atoms in total. The summed E-state index contributed by atoms with van der Waals surface area (Å²) in [5, 5.41) is 12.8. The van der Waals surface area contributed by atoms with Crippen LogP contribution in [0.5, 0.6) is 0 Å². The number of rotatable bonds is 2. The summed E-state index contributed by atoms with van der Waals surface area (Å²) in [5.74, 6) is 0. The first kappa shape index (κ1) is 16.0. The summed E-state index contributed by atoms with van der Waals surface area (Å²) in [6.07, 6.45) is -0.545. The van der Waals surface area contributed by atoms with Crippen LogP contribution < -0.4 is 5.32 Å². The van der Waals surface area contributed by atoms with E-state index in [1.807, 2.05) is 6.07 Å². The quantitative estimate of drug-likeness (QED) is 0.861. The third-order valence-electron chi connectivity index (χ3n) is 2.28. The van der Waals surface area contributed by atoms with Crippen LogP contribution in [0.15, 0.2) is 22.7 Å². The molecule has 5 heteroatoms. The van der Waals surface area contributed by atoms with Crippen LogP contribution in [0.2, 0.25) is 0 Å². The number of carbonyl (C=O) groups excluding carboxylic acids is 1. The molecule has 19 heavy (non-hydrogen) atoms. The fourth-order valence-electron chi connectivity index (χ4n) is 1.57. The highest BCUT2D eigenvalue weighted by atomic mass is 79.9. The SMILES string of the molecule is CC(C)(C)OC(=O)Nc1cc(Br)ccc1C(C)(C)O. The predicted octanol–water partition coefficient (Wildman–Crippen LogP) is 4.02. The lowest BCUT2D eigenvalue weighted by molar-refractivity contribution is 0.0632. The highest BCUT2D eigenvalue weighted by Gasteiger charge is 2.23. The first-order valence-corrected chi connectivity index (χ1v) is 6.81. The van der Waals surface area contributed by atoms with Gasteiger partial charge in [0.2, 0.25) is 0 Å². The van der Waals surface area contributed by atoms with Gasteiger partial charge in [-0.3, -0.25) is 5.32 Å². The molecule has 0 radical (unpaired) electrons. The lowest BCUT2D eigenvalue weighted by atomic mass is 9.96. The first-order valence-electron chi connectivity index (χ1n) is 6.01. The van der Waals surface area contributed by atoms with E-state index in [0.29, 0.717) is 11.3 Å². The molecule has 1 rings (SSSR count). The van der Waals surface area contributed by atoms with Crippen molar-refractivity contribution in [2.45, 2.75) is 45.8 Å². The van der Waals surface area contributed by atoms with Gasteiger partial charge in [0, 0.05) is 10.0 Å². The molecule has 0 aliphatic rings. The lowest BCUT2D eigenvalue weighted by Crippen LogP contribution is -2.28. The largest absolute Gasteiger partial charge is 0.444 e. The van der Waals surface area contributed by atoms with Crippen molar-refractivity contribution in [2.75, 3.05) is 5.32 Å². The Hall–Kier alpha value is -1.07. The predicted molar refractivity (Wildman–Crippen MR) is 79.2 cm³/mol. The van der Waals surface area contributed by atoms with Gasteiger partial charge in [-0.2, -0.15) is 0 Å². The van der Waals surface area contributed by atoms with Crippen molar-refractivity contribution < 1.29 is 14.6 Å². The lowest BCUT2D eigenvalue weighted by Gasteiger charge is -2.24. The van der Waals surface area contributed by atoms with E-state index in [9.17, 15) is 9.90 Å². The maximum Gasteiger partial charge on any atom is 0.412 e. The molecule has 0 heterocycles. The minimum absolute atomic E-state index is 0.524. The fraction of sp³-hybridized carbons (Fsp3) is 0.500. The van der Waals surface area contributed by atoms with Crippen LogP contribution in [0.25, 0.3) is 0 Å². The molecule has 0 fully saturated rings. The number of hydrogen-bond acceptors (Lipinski definition) is 3. The minimum Gasteiger partial charge on any atom is -0.444 e. The number of benzene rings is 1. The highest BCUT2D eigenvalue weighted by molar-refractivity contribution is 9.10. The van der Waals surface area contributed by atoms with Crippen LogP contribution in [0.4, 0.5) is 10.5 Å². The molecule has 0 spiro atoms. The molecule has 2 N–H and O–H groups in total. The molecular formula is C14H20BrNO3. The second kappa shape index (κ2) is 5.51. The number of aliphatic hydroxyl groups is 1. The third-order valence-corrected chi connectivity index (χ3v) is 2.77. The molecule has 0 unspecified atom stereocenters. The Bertz CT molecular complexity index is 473. The van der Waals surface area contributed by atoms with Crippen molar-refractivity contribution in [1.29, 1.82) is 0 Å². The minimum atomic E-state index is -1.05. The van der Waals surface area contributed by atoms with Gasteiger partial charge in [0.1, 0.15) is 5.60 Å². The average Bonchev–Trinajstić information content (AvgIpc) is 2.11. The first-order chi connectivity index (χ1) is 8.49. The maximum absolute atomic E-state index is 11.8. The summed E-state index contributed by atoms with van der Waals surface area (Å²) < 4.78 is 6.01. The van der Waals surface area contributed by atoms with Gasteiger partial charge in [-0.05, 0) is 46.8 Å². The average molecular weight is 330 g/mol. The van der Waals surface area contributed by atoms with Crippen molar-refractivity contribution in [3.05, 3.63) is 28.2 Å². The zero-order valence-corrected chi connectivity index (χ0v) is 13.5. The summed E-state index contributed by atoms with van der Waals surface area (Å²) in [7, 11) is 0. The summed E-state index contributed by atoms with van der Waals surface area (Å²) >= 11 is 3.34. The molecular weight excluding hydrogens is 310 g/mol. The zero-order valence-electron chi connectivity index (χ0n) is 11.9. The second-order valence-corrected chi connectivity index (χ2v) is 6.79. The Morgan fingerprint density at radius 2 is 1.84 bits per heavy atom. The molecule has 0 saturated heterocycles. The Balaban J connectivity index is 3.00. The van der Waals surface area contributed by atoms with Crippen molar-refractivity contribution in [1.82, 2.24) is 0 Å². The van der Waals surface area contributed by atoms with Crippen molar-refractivity contribution in [3.63, 3.8) is 0 Å². The van der Waals surface area contributed by atoms with Gasteiger partial charge in [-0.1, -0.05) is 22.0 Å². The van der Waals surface area contributed by atoms with Gasteiger partial charge < -0.3 is 9.84 Å². The van der Waals surface area contributed by atoms with Crippen LogP contribution in [0, 0.1) is 0 Å². The number of carbonyl (C=O) groups is 1. The van der Waals surface area contributed by atoms with Gasteiger partial charge in [-0.15, -0.1) is 0 Å². The van der Waals surface area contributed by atoms with Crippen LogP contribution >= 0.6 is 15.9 Å². The number of ether oxygens (including phenoxy) is 1. The van der Waals surface area contributed by atoms with E-state index in [2.05, 4.69) is 21.2 Å². The number of amides is 1. The molecule has 106 valence electrons. The number of halogens is 1. The van der Waals surface area contributed by atoms with E-state index < -0.39 is 17.3 Å². The summed E-state index contributed by atoms with van der Waals surface area (Å²) in [6, 6.07) is 5.31. The van der Waals surface area contributed by atoms with E-state index in [1.54, 1.807) is 46.8 Å². The monoisotopic (exact) mass is 329 g/mol. The highest BCUT2D eigenvalue weighted by Crippen LogP contribution is 2.30. The smallest absolute Gasteiger partial charge is 0.412 e. The Kier molecular flexibility index (Phi) is 4.63. The molecule has 1 aromatic carbocycles. The van der Waals surface area contributed by atoms with Crippen molar-refractivity contribution in [3.8, 4) is 0 Å². The number of nitrogens with one attached hydrogen (secondary N) is 1. The Morgan fingerprint density at radius 3 is 2.32 bits per heavy atom.